The van der Waals surface area contributed by atoms with Crippen molar-refractivity contribution in [1.82, 2.24) is 10.2 Å². The number of rotatable bonds is 7. The third-order valence-electron chi connectivity index (χ3n) is 3.83. The maximum Gasteiger partial charge on any atom is 0.277 e. The Morgan fingerprint density at radius 2 is 2.21 bits per heavy atom. The molecule has 1 unspecified atom stereocenters. The second kappa shape index (κ2) is 8.50. The molecule has 1 amide bonds. The Labute approximate surface area is 150 Å². The maximum absolute atomic E-state index is 12.1. The van der Waals surface area contributed by atoms with Crippen LogP contribution in [0.3, 0.4) is 0 Å². The van der Waals surface area contributed by atoms with Gasteiger partial charge in [-0.3, -0.25) is 4.79 Å². The van der Waals surface area contributed by atoms with Gasteiger partial charge in [-0.2, -0.15) is 0 Å². The van der Waals surface area contributed by atoms with Gasteiger partial charge in [-0.05, 0) is 30.5 Å². The molecule has 0 saturated heterocycles. The molecule has 0 aliphatic heterocycles. The molecule has 2 atom stereocenters. The second-order valence-corrected chi connectivity index (χ2v) is 6.90. The van der Waals surface area contributed by atoms with Crippen molar-refractivity contribution in [3.05, 3.63) is 34.7 Å². The van der Waals surface area contributed by atoms with Crippen molar-refractivity contribution in [2.45, 2.75) is 38.5 Å². The molecule has 2 rings (SSSR count). The third kappa shape index (κ3) is 4.72. The molecule has 0 radical (unpaired) electrons. The Balaban J connectivity index is 1.90. The summed E-state index contributed by atoms with van der Waals surface area (Å²) in [7, 11) is 0. The Kier molecular flexibility index (Phi) is 6.65. The van der Waals surface area contributed by atoms with Crippen molar-refractivity contribution in [1.29, 1.82) is 0 Å². The number of anilines is 1. The highest BCUT2D eigenvalue weighted by atomic mass is 35.5. The van der Waals surface area contributed by atoms with E-state index in [2.05, 4.69) is 22.4 Å². The molecule has 6 nitrogen and oxygen atoms in total. The highest BCUT2D eigenvalue weighted by Crippen LogP contribution is 2.25. The van der Waals surface area contributed by atoms with Gasteiger partial charge in [-0.1, -0.05) is 49.7 Å². The van der Waals surface area contributed by atoms with E-state index in [0.29, 0.717) is 21.8 Å². The lowest BCUT2D eigenvalue weighted by atomic mass is 10.0. The topological polar surface area (TPSA) is 94.0 Å². The summed E-state index contributed by atoms with van der Waals surface area (Å²) >= 11 is 7.21. The number of amides is 1. The number of nitrogens with zero attached hydrogens (tertiary/aromatic N) is 2. The molecule has 0 fully saturated rings. The average Bonchev–Trinajstić information content (AvgIpc) is 3.04. The maximum atomic E-state index is 12.1. The van der Waals surface area contributed by atoms with Gasteiger partial charge in [0.25, 0.3) is 5.22 Å². The van der Waals surface area contributed by atoms with Gasteiger partial charge in [0, 0.05) is 10.7 Å². The predicted molar refractivity (Wildman–Crippen MR) is 96.2 cm³/mol. The molecule has 130 valence electrons. The first-order chi connectivity index (χ1) is 11.4. The third-order valence-corrected chi connectivity index (χ3v) is 5.06. The minimum Gasteiger partial charge on any atom is -0.414 e. The Morgan fingerprint density at radius 3 is 2.92 bits per heavy atom. The molecule has 2 aromatic rings. The van der Waals surface area contributed by atoms with Crippen molar-refractivity contribution in [2.75, 3.05) is 11.1 Å². The summed E-state index contributed by atoms with van der Waals surface area (Å²) < 4.78 is 5.53. The van der Waals surface area contributed by atoms with Gasteiger partial charge < -0.3 is 15.5 Å². The first-order valence-electron chi connectivity index (χ1n) is 7.69. The van der Waals surface area contributed by atoms with E-state index >= 15 is 0 Å². The number of nitrogens with one attached hydrogen (secondary N) is 1. The van der Waals surface area contributed by atoms with Crippen molar-refractivity contribution in [3.8, 4) is 0 Å². The zero-order valence-corrected chi connectivity index (χ0v) is 15.4. The van der Waals surface area contributed by atoms with Gasteiger partial charge in [-0.25, -0.2) is 0 Å². The number of halogens is 1. The summed E-state index contributed by atoms with van der Waals surface area (Å²) in [5, 5.41) is 11.7. The Bertz CT molecular complexity index is 707. The van der Waals surface area contributed by atoms with Crippen LogP contribution < -0.4 is 11.1 Å². The van der Waals surface area contributed by atoms with E-state index in [4.69, 9.17) is 21.8 Å². The summed E-state index contributed by atoms with van der Waals surface area (Å²) in [6.45, 7) is 5.94. The smallest absolute Gasteiger partial charge is 0.277 e. The summed E-state index contributed by atoms with van der Waals surface area (Å²) in [5.41, 5.74) is 7.58. The number of hydrogen-bond acceptors (Lipinski definition) is 6. The van der Waals surface area contributed by atoms with E-state index in [1.54, 1.807) is 18.2 Å². The zero-order chi connectivity index (χ0) is 17.7. The van der Waals surface area contributed by atoms with Gasteiger partial charge in [0.05, 0.1) is 11.8 Å². The van der Waals surface area contributed by atoms with E-state index in [1.165, 1.54) is 11.8 Å². The second-order valence-electron chi connectivity index (χ2n) is 5.57. The fourth-order valence-electron chi connectivity index (χ4n) is 1.97. The summed E-state index contributed by atoms with van der Waals surface area (Å²) in [6, 6.07) is 5.08. The van der Waals surface area contributed by atoms with E-state index in [9.17, 15) is 4.79 Å². The van der Waals surface area contributed by atoms with Gasteiger partial charge in [0.15, 0.2) is 0 Å². The van der Waals surface area contributed by atoms with Crippen LogP contribution in [-0.4, -0.2) is 21.9 Å². The lowest BCUT2D eigenvalue weighted by Gasteiger charge is -2.13. The number of hydrogen-bond donors (Lipinski definition) is 2. The molecular formula is C16H21ClN4O2S. The number of benzene rings is 1. The van der Waals surface area contributed by atoms with E-state index in [1.807, 2.05) is 13.8 Å². The summed E-state index contributed by atoms with van der Waals surface area (Å²) in [4.78, 5) is 12.1. The fraction of sp³-hybridized carbons (Fsp3) is 0.438. The average molecular weight is 369 g/mol. The van der Waals surface area contributed by atoms with Crippen molar-refractivity contribution in [2.24, 2.45) is 11.7 Å². The van der Waals surface area contributed by atoms with Gasteiger partial charge in [0.1, 0.15) is 0 Å². The molecule has 1 heterocycles. The number of thioether (sulfide) groups is 1. The SMILES string of the molecule is CCC(C)[C@H](N)c1nnc(SCC(=O)Nc2cccc(Cl)c2C)o1. The lowest BCUT2D eigenvalue weighted by Crippen LogP contribution is -2.18. The Morgan fingerprint density at radius 1 is 1.46 bits per heavy atom. The highest BCUT2D eigenvalue weighted by molar-refractivity contribution is 7.99. The fourth-order valence-corrected chi connectivity index (χ4v) is 2.71. The standard InChI is InChI=1S/C16H21ClN4O2S/c1-4-9(2)14(18)15-20-21-16(23-15)24-8-13(22)19-12-7-5-6-11(17)10(12)3/h5-7,9,14H,4,8,18H2,1-3H3,(H,19,22)/t9?,14-/m0/s1. The summed E-state index contributed by atoms with van der Waals surface area (Å²) in [5.74, 6) is 0.637. The monoisotopic (exact) mass is 368 g/mol. The molecule has 0 spiro atoms. The van der Waals surface area contributed by atoms with Crippen LogP contribution in [0.1, 0.15) is 37.8 Å². The van der Waals surface area contributed by atoms with Crippen LogP contribution in [0, 0.1) is 12.8 Å². The summed E-state index contributed by atoms with van der Waals surface area (Å²) in [6.07, 6.45) is 0.924. The van der Waals surface area contributed by atoms with Crippen molar-refractivity contribution in [3.63, 3.8) is 0 Å². The van der Waals surface area contributed by atoms with Crippen LogP contribution in [0.5, 0.6) is 0 Å². The van der Waals surface area contributed by atoms with Crippen molar-refractivity contribution >= 4 is 35.0 Å². The van der Waals surface area contributed by atoms with Crippen molar-refractivity contribution < 1.29 is 9.21 Å². The molecule has 3 N–H and O–H groups in total. The predicted octanol–water partition coefficient (Wildman–Crippen LogP) is 3.81. The first kappa shape index (κ1) is 18.8. The molecule has 0 saturated carbocycles. The molecule has 24 heavy (non-hydrogen) atoms. The normalized spacial score (nSPS) is 13.5. The lowest BCUT2D eigenvalue weighted by molar-refractivity contribution is -0.113. The minimum absolute atomic E-state index is 0.159. The number of nitrogens with two attached hydrogens (primary N) is 1. The van der Waals surface area contributed by atoms with Crippen LogP contribution in [-0.2, 0) is 4.79 Å². The molecule has 8 heteroatoms. The van der Waals surface area contributed by atoms with Crippen LogP contribution >= 0.6 is 23.4 Å². The van der Waals surface area contributed by atoms with Gasteiger partial charge >= 0.3 is 0 Å². The van der Waals surface area contributed by atoms with E-state index in [-0.39, 0.29) is 23.6 Å². The molecule has 1 aromatic heterocycles. The van der Waals surface area contributed by atoms with Crippen LogP contribution in [0.2, 0.25) is 5.02 Å². The number of aromatic nitrogens is 2. The highest BCUT2D eigenvalue weighted by Gasteiger charge is 2.20. The van der Waals surface area contributed by atoms with Crippen LogP contribution in [0.25, 0.3) is 0 Å². The van der Waals surface area contributed by atoms with Crippen LogP contribution in [0.4, 0.5) is 5.69 Å². The molecular weight excluding hydrogens is 348 g/mol. The first-order valence-corrected chi connectivity index (χ1v) is 9.05. The van der Waals surface area contributed by atoms with Gasteiger partial charge in [0.2, 0.25) is 11.8 Å². The molecule has 1 aromatic carbocycles. The molecule has 0 aliphatic carbocycles. The molecule has 0 bridgehead atoms. The Hall–Kier alpha value is -1.57. The number of carbonyl (C=O) groups excluding carboxylic acids is 1. The largest absolute Gasteiger partial charge is 0.414 e. The van der Waals surface area contributed by atoms with E-state index in [0.717, 1.165) is 12.0 Å². The van der Waals surface area contributed by atoms with Crippen LogP contribution in [0.15, 0.2) is 27.8 Å². The quantitative estimate of drug-likeness (QED) is 0.721. The zero-order valence-electron chi connectivity index (χ0n) is 13.9. The van der Waals surface area contributed by atoms with E-state index < -0.39 is 0 Å². The molecule has 0 aliphatic rings. The number of carbonyl (C=O) groups is 1. The van der Waals surface area contributed by atoms with Gasteiger partial charge in [-0.15, -0.1) is 10.2 Å². The minimum atomic E-state index is -0.292.